The summed E-state index contributed by atoms with van der Waals surface area (Å²) in [6.07, 6.45) is 0. The summed E-state index contributed by atoms with van der Waals surface area (Å²) in [5.74, 6) is -0.457. The molecule has 0 saturated carbocycles. The molecule has 1 aromatic heterocycles. The first kappa shape index (κ1) is 12.7. The van der Waals surface area contributed by atoms with E-state index in [1.807, 2.05) is 0 Å². The molecule has 0 aliphatic heterocycles. The van der Waals surface area contributed by atoms with Crippen molar-refractivity contribution in [1.82, 2.24) is 15.2 Å². The largest absolute Gasteiger partial charge is 0.460 e. The summed E-state index contributed by atoms with van der Waals surface area (Å²) in [4.78, 5) is 25.5. The zero-order valence-electron chi connectivity index (χ0n) is 9.99. The third-order valence-corrected chi connectivity index (χ3v) is 2.27. The van der Waals surface area contributed by atoms with Crippen LogP contribution in [0.4, 0.5) is 5.69 Å². The Morgan fingerprint density at radius 3 is 3.00 bits per heavy atom. The van der Waals surface area contributed by atoms with Gasteiger partial charge in [-0.2, -0.15) is 5.10 Å². The number of H-pyrrole nitrogens is 1. The molecule has 0 atom stereocenters. The van der Waals surface area contributed by atoms with Crippen molar-refractivity contribution in [3.63, 3.8) is 0 Å². The van der Waals surface area contributed by atoms with Crippen molar-refractivity contribution in [1.29, 1.82) is 0 Å². The molecule has 8 nitrogen and oxygen atoms in total. The Morgan fingerprint density at radius 2 is 2.32 bits per heavy atom. The second-order valence-corrected chi connectivity index (χ2v) is 3.54. The van der Waals surface area contributed by atoms with Gasteiger partial charge in [0, 0.05) is 17.7 Å². The maximum atomic E-state index is 11.4. The van der Waals surface area contributed by atoms with Crippen LogP contribution in [0.2, 0.25) is 0 Å². The third kappa shape index (κ3) is 2.73. The molecule has 0 radical (unpaired) electrons. The van der Waals surface area contributed by atoms with Gasteiger partial charge in [-0.1, -0.05) is 12.1 Å². The molecular weight excluding hydrogens is 252 g/mol. The second-order valence-electron chi connectivity index (χ2n) is 3.54. The Labute approximate surface area is 107 Å². The molecule has 0 fully saturated rings. The zero-order valence-corrected chi connectivity index (χ0v) is 9.99. The van der Waals surface area contributed by atoms with Crippen LogP contribution in [0.5, 0.6) is 0 Å². The third-order valence-electron chi connectivity index (χ3n) is 2.27. The second kappa shape index (κ2) is 5.25. The van der Waals surface area contributed by atoms with Gasteiger partial charge in [-0.3, -0.25) is 15.2 Å². The van der Waals surface area contributed by atoms with Crippen LogP contribution in [-0.4, -0.2) is 32.7 Å². The maximum Gasteiger partial charge on any atom is 0.375 e. The summed E-state index contributed by atoms with van der Waals surface area (Å²) in [7, 11) is 0. The number of nitro benzene ring substituents is 1. The lowest BCUT2D eigenvalue weighted by Crippen LogP contribution is -2.06. The summed E-state index contributed by atoms with van der Waals surface area (Å²) >= 11 is 0. The SMILES string of the molecule is CCOC(=O)c1nc(-c2cccc([N+](=O)[O-])c2)n[nH]1. The predicted octanol–water partition coefficient (Wildman–Crippen LogP) is 1.56. The summed E-state index contributed by atoms with van der Waals surface area (Å²) in [5.41, 5.74) is 0.376. The standard InChI is InChI=1S/C11H10N4O4/c1-2-19-11(16)10-12-9(13-14-10)7-4-3-5-8(6-7)15(17)18/h3-6H,2H2,1H3,(H,12,13,14). The smallest absolute Gasteiger partial charge is 0.375 e. The fourth-order valence-corrected chi connectivity index (χ4v) is 1.44. The number of nitro groups is 1. The average molecular weight is 262 g/mol. The minimum atomic E-state index is -0.619. The number of aromatic amines is 1. The Bertz CT molecular complexity index is 623. The van der Waals surface area contributed by atoms with Gasteiger partial charge in [0.05, 0.1) is 11.5 Å². The van der Waals surface area contributed by atoms with Crippen molar-refractivity contribution in [3.8, 4) is 11.4 Å². The molecule has 0 saturated heterocycles. The van der Waals surface area contributed by atoms with Gasteiger partial charge in [0.15, 0.2) is 5.82 Å². The van der Waals surface area contributed by atoms with E-state index in [1.54, 1.807) is 13.0 Å². The van der Waals surface area contributed by atoms with Crippen molar-refractivity contribution in [2.24, 2.45) is 0 Å². The minimum absolute atomic E-state index is 0.0386. The molecular formula is C11H10N4O4. The highest BCUT2D eigenvalue weighted by molar-refractivity contribution is 5.85. The summed E-state index contributed by atoms with van der Waals surface area (Å²) < 4.78 is 4.76. The number of non-ortho nitro benzene ring substituents is 1. The number of ether oxygens (including phenoxy) is 1. The predicted molar refractivity (Wildman–Crippen MR) is 64.4 cm³/mol. The monoisotopic (exact) mass is 262 g/mol. The van der Waals surface area contributed by atoms with E-state index in [4.69, 9.17) is 4.74 Å². The van der Waals surface area contributed by atoms with E-state index in [-0.39, 0.29) is 23.9 Å². The molecule has 1 aromatic carbocycles. The molecule has 98 valence electrons. The van der Waals surface area contributed by atoms with Gasteiger partial charge in [0.25, 0.3) is 5.69 Å². The first-order chi connectivity index (χ1) is 9.11. The van der Waals surface area contributed by atoms with Crippen LogP contribution in [-0.2, 0) is 4.74 Å². The highest BCUT2D eigenvalue weighted by atomic mass is 16.6. The molecule has 2 rings (SSSR count). The molecule has 0 bridgehead atoms. The van der Waals surface area contributed by atoms with E-state index in [2.05, 4.69) is 15.2 Å². The van der Waals surface area contributed by atoms with Gasteiger partial charge in [-0.15, -0.1) is 0 Å². The number of hydrogen-bond acceptors (Lipinski definition) is 6. The van der Waals surface area contributed by atoms with E-state index in [0.29, 0.717) is 5.56 Å². The van der Waals surface area contributed by atoms with Crippen molar-refractivity contribution in [2.45, 2.75) is 6.92 Å². The lowest BCUT2D eigenvalue weighted by atomic mass is 10.2. The first-order valence-electron chi connectivity index (χ1n) is 5.46. The van der Waals surface area contributed by atoms with Gasteiger partial charge in [0.1, 0.15) is 0 Å². The zero-order chi connectivity index (χ0) is 13.8. The summed E-state index contributed by atoms with van der Waals surface area (Å²) in [6, 6.07) is 5.83. The number of rotatable bonds is 4. The van der Waals surface area contributed by atoms with Crippen molar-refractivity contribution >= 4 is 11.7 Å². The highest BCUT2D eigenvalue weighted by Crippen LogP contribution is 2.20. The summed E-state index contributed by atoms with van der Waals surface area (Å²) in [5, 5.41) is 16.9. The van der Waals surface area contributed by atoms with Gasteiger partial charge < -0.3 is 4.74 Å². The lowest BCUT2D eigenvalue weighted by Gasteiger charge is -1.96. The minimum Gasteiger partial charge on any atom is -0.460 e. The number of nitrogens with zero attached hydrogens (tertiary/aromatic N) is 3. The van der Waals surface area contributed by atoms with Gasteiger partial charge >= 0.3 is 5.97 Å². The van der Waals surface area contributed by atoms with E-state index in [1.165, 1.54) is 18.2 Å². The quantitative estimate of drug-likeness (QED) is 0.508. The Kier molecular flexibility index (Phi) is 3.51. The van der Waals surface area contributed by atoms with Gasteiger partial charge in [-0.25, -0.2) is 9.78 Å². The highest BCUT2D eigenvalue weighted by Gasteiger charge is 2.15. The van der Waals surface area contributed by atoms with E-state index in [9.17, 15) is 14.9 Å². The topological polar surface area (TPSA) is 111 Å². The van der Waals surface area contributed by atoms with Crippen molar-refractivity contribution < 1.29 is 14.5 Å². The van der Waals surface area contributed by atoms with Crippen LogP contribution < -0.4 is 0 Å². The molecule has 8 heteroatoms. The number of hydrogen-bond donors (Lipinski definition) is 1. The van der Waals surface area contributed by atoms with Crippen molar-refractivity contribution in [2.75, 3.05) is 6.61 Å². The van der Waals surface area contributed by atoms with Crippen LogP contribution in [0.25, 0.3) is 11.4 Å². The fourth-order valence-electron chi connectivity index (χ4n) is 1.44. The molecule has 0 unspecified atom stereocenters. The number of carbonyl (C=O) groups is 1. The maximum absolute atomic E-state index is 11.4. The molecule has 0 aliphatic carbocycles. The normalized spacial score (nSPS) is 10.2. The molecule has 0 amide bonds. The number of aromatic nitrogens is 3. The van der Waals surface area contributed by atoms with Crippen LogP contribution in [0.1, 0.15) is 17.5 Å². The summed E-state index contributed by atoms with van der Waals surface area (Å²) in [6.45, 7) is 1.90. The fraction of sp³-hybridized carbons (Fsp3) is 0.182. The van der Waals surface area contributed by atoms with E-state index >= 15 is 0 Å². The Balaban J connectivity index is 2.30. The van der Waals surface area contributed by atoms with Gasteiger partial charge in [0.2, 0.25) is 5.82 Å². The molecule has 1 N–H and O–H groups in total. The van der Waals surface area contributed by atoms with E-state index < -0.39 is 10.9 Å². The molecule has 0 aliphatic rings. The van der Waals surface area contributed by atoms with Crippen molar-refractivity contribution in [3.05, 3.63) is 40.2 Å². The van der Waals surface area contributed by atoms with Crippen LogP contribution in [0.15, 0.2) is 24.3 Å². The number of esters is 1. The lowest BCUT2D eigenvalue weighted by molar-refractivity contribution is -0.384. The molecule has 1 heterocycles. The van der Waals surface area contributed by atoms with Gasteiger partial charge in [-0.05, 0) is 6.92 Å². The first-order valence-corrected chi connectivity index (χ1v) is 5.46. The van der Waals surface area contributed by atoms with Crippen LogP contribution in [0, 0.1) is 10.1 Å². The Hall–Kier alpha value is -2.77. The number of benzene rings is 1. The van der Waals surface area contributed by atoms with Crippen LogP contribution >= 0.6 is 0 Å². The molecule has 19 heavy (non-hydrogen) atoms. The average Bonchev–Trinajstić information content (AvgIpc) is 2.89. The Morgan fingerprint density at radius 1 is 1.53 bits per heavy atom. The number of carbonyl (C=O) groups excluding carboxylic acids is 1. The number of nitrogens with one attached hydrogen (secondary N) is 1. The van der Waals surface area contributed by atoms with E-state index in [0.717, 1.165) is 0 Å². The molecule has 2 aromatic rings. The van der Waals surface area contributed by atoms with Crippen LogP contribution in [0.3, 0.4) is 0 Å². The molecule has 0 spiro atoms.